The predicted molar refractivity (Wildman–Crippen MR) is 71.6 cm³/mol. The van der Waals surface area contributed by atoms with Crippen molar-refractivity contribution in [3.8, 4) is 0 Å². The molecule has 0 saturated carbocycles. The normalized spacial score (nSPS) is 25.1. The maximum atomic E-state index is 11.2. The van der Waals surface area contributed by atoms with Crippen molar-refractivity contribution in [3.05, 3.63) is 38.3 Å². The number of hydrogen-bond acceptors (Lipinski definition) is 4. The summed E-state index contributed by atoms with van der Waals surface area (Å²) in [6.07, 6.45) is 0. The fraction of sp³-hybridized carbons (Fsp3) is 0.500. The van der Waals surface area contributed by atoms with Crippen molar-refractivity contribution in [2.75, 3.05) is 26.7 Å². The number of nitrogens with zero attached hydrogens (tertiary/aromatic N) is 2. The van der Waals surface area contributed by atoms with Crippen LogP contribution in [0.15, 0.2) is 22.7 Å². The van der Waals surface area contributed by atoms with Gasteiger partial charge in [0.05, 0.1) is 17.1 Å². The van der Waals surface area contributed by atoms with E-state index < -0.39 is 5.60 Å². The van der Waals surface area contributed by atoms with Gasteiger partial charge in [-0.2, -0.15) is 0 Å². The Labute approximate surface area is 114 Å². The minimum atomic E-state index is -0.629. The Morgan fingerprint density at radius 1 is 1.56 bits per heavy atom. The zero-order valence-corrected chi connectivity index (χ0v) is 11.9. The largest absolute Gasteiger partial charge is 0.368 e. The molecule has 1 aliphatic rings. The van der Waals surface area contributed by atoms with Crippen LogP contribution in [0.1, 0.15) is 12.5 Å². The molecule has 2 rings (SSSR count). The molecule has 1 saturated heterocycles. The van der Waals surface area contributed by atoms with E-state index in [1.807, 2.05) is 20.0 Å². The zero-order chi connectivity index (χ0) is 13.3. The highest BCUT2D eigenvalue weighted by Crippen LogP contribution is 2.36. The molecule has 0 radical (unpaired) electrons. The minimum Gasteiger partial charge on any atom is -0.368 e. The van der Waals surface area contributed by atoms with E-state index in [1.54, 1.807) is 6.07 Å². The van der Waals surface area contributed by atoms with Crippen molar-refractivity contribution in [3.63, 3.8) is 0 Å². The van der Waals surface area contributed by atoms with Crippen LogP contribution in [0.5, 0.6) is 0 Å². The van der Waals surface area contributed by atoms with Gasteiger partial charge in [0, 0.05) is 23.6 Å². The Morgan fingerprint density at radius 2 is 2.28 bits per heavy atom. The van der Waals surface area contributed by atoms with Crippen LogP contribution in [0, 0.1) is 10.1 Å². The van der Waals surface area contributed by atoms with Crippen molar-refractivity contribution in [1.82, 2.24) is 4.90 Å². The van der Waals surface area contributed by atoms with E-state index in [-0.39, 0.29) is 10.6 Å². The first-order chi connectivity index (χ1) is 8.42. The molecule has 1 fully saturated rings. The number of benzene rings is 1. The average Bonchev–Trinajstić information content (AvgIpc) is 2.28. The lowest BCUT2D eigenvalue weighted by Crippen LogP contribution is -2.46. The average molecular weight is 315 g/mol. The smallest absolute Gasteiger partial charge is 0.276 e. The number of rotatable bonds is 2. The van der Waals surface area contributed by atoms with Gasteiger partial charge < -0.3 is 9.64 Å². The van der Waals surface area contributed by atoms with E-state index in [1.165, 1.54) is 6.07 Å². The molecule has 1 aromatic carbocycles. The van der Waals surface area contributed by atoms with Gasteiger partial charge in [-0.15, -0.1) is 0 Å². The van der Waals surface area contributed by atoms with Gasteiger partial charge in [0.1, 0.15) is 5.60 Å². The third kappa shape index (κ3) is 2.55. The molecule has 5 nitrogen and oxygen atoms in total. The number of nitro benzene ring substituents is 1. The quantitative estimate of drug-likeness (QED) is 0.622. The number of hydrogen-bond donors (Lipinski definition) is 0. The Hall–Kier alpha value is -0.980. The van der Waals surface area contributed by atoms with Crippen LogP contribution >= 0.6 is 15.9 Å². The molecule has 0 spiro atoms. The number of halogens is 1. The first kappa shape index (κ1) is 13.5. The van der Waals surface area contributed by atoms with E-state index in [4.69, 9.17) is 4.74 Å². The molecule has 6 heteroatoms. The summed E-state index contributed by atoms with van der Waals surface area (Å²) in [5.41, 5.74) is 0.0975. The van der Waals surface area contributed by atoms with Crippen molar-refractivity contribution in [2.45, 2.75) is 12.5 Å². The number of likely N-dealkylation sites (N-methyl/N-ethyl adjacent to an activating group) is 1. The van der Waals surface area contributed by atoms with Crippen LogP contribution < -0.4 is 0 Å². The van der Waals surface area contributed by atoms with Gasteiger partial charge in [0.25, 0.3) is 5.69 Å². The Morgan fingerprint density at radius 3 is 2.89 bits per heavy atom. The lowest BCUT2D eigenvalue weighted by molar-refractivity contribution is -0.387. The van der Waals surface area contributed by atoms with Crippen molar-refractivity contribution < 1.29 is 9.66 Å². The highest BCUT2D eigenvalue weighted by molar-refractivity contribution is 9.10. The lowest BCUT2D eigenvalue weighted by Gasteiger charge is -2.38. The predicted octanol–water partition coefficient (Wildman–Crippen LogP) is 2.53. The molecule has 0 N–H and O–H groups in total. The first-order valence-corrected chi connectivity index (χ1v) is 6.48. The molecular weight excluding hydrogens is 300 g/mol. The van der Waals surface area contributed by atoms with E-state index in [2.05, 4.69) is 20.8 Å². The van der Waals surface area contributed by atoms with Crippen LogP contribution in [-0.2, 0) is 10.3 Å². The highest BCUT2D eigenvalue weighted by Gasteiger charge is 2.37. The summed E-state index contributed by atoms with van der Waals surface area (Å²) >= 11 is 3.26. The molecule has 0 aliphatic carbocycles. The molecule has 1 atom stereocenters. The molecule has 1 heterocycles. The Kier molecular flexibility index (Phi) is 3.70. The van der Waals surface area contributed by atoms with Crippen molar-refractivity contribution in [1.29, 1.82) is 0 Å². The van der Waals surface area contributed by atoms with Gasteiger partial charge in [-0.25, -0.2) is 0 Å². The topological polar surface area (TPSA) is 55.6 Å². The number of morpholine rings is 1. The van der Waals surface area contributed by atoms with E-state index in [0.717, 1.165) is 6.54 Å². The Balaban J connectivity index is 2.46. The summed E-state index contributed by atoms with van der Waals surface area (Å²) in [4.78, 5) is 12.9. The highest BCUT2D eigenvalue weighted by atomic mass is 79.9. The van der Waals surface area contributed by atoms with Crippen LogP contribution in [0.2, 0.25) is 0 Å². The Bertz CT molecular complexity index is 480. The van der Waals surface area contributed by atoms with Crippen LogP contribution in [0.25, 0.3) is 0 Å². The third-order valence-electron chi connectivity index (χ3n) is 3.19. The number of ether oxygens (including phenoxy) is 1. The fourth-order valence-corrected chi connectivity index (χ4v) is 2.68. The fourth-order valence-electron chi connectivity index (χ4n) is 2.33. The van der Waals surface area contributed by atoms with E-state index in [9.17, 15) is 10.1 Å². The maximum Gasteiger partial charge on any atom is 0.276 e. The summed E-state index contributed by atoms with van der Waals surface area (Å²) < 4.78 is 6.49. The van der Waals surface area contributed by atoms with Crippen LogP contribution in [-0.4, -0.2) is 36.6 Å². The van der Waals surface area contributed by atoms with Crippen LogP contribution in [0.3, 0.4) is 0 Å². The van der Waals surface area contributed by atoms with Crippen molar-refractivity contribution >= 4 is 21.6 Å². The van der Waals surface area contributed by atoms with E-state index >= 15 is 0 Å². The minimum absolute atomic E-state index is 0.0992. The van der Waals surface area contributed by atoms with Gasteiger partial charge in [0.2, 0.25) is 0 Å². The second-order valence-corrected chi connectivity index (χ2v) is 5.65. The molecule has 1 aromatic rings. The summed E-state index contributed by atoms with van der Waals surface area (Å²) in [5, 5.41) is 11.2. The van der Waals surface area contributed by atoms with Gasteiger partial charge in [-0.05, 0) is 26.1 Å². The second kappa shape index (κ2) is 4.95. The van der Waals surface area contributed by atoms with Gasteiger partial charge in [-0.1, -0.05) is 15.9 Å². The molecule has 1 aliphatic heterocycles. The van der Waals surface area contributed by atoms with Crippen molar-refractivity contribution in [2.24, 2.45) is 0 Å². The third-order valence-corrected chi connectivity index (χ3v) is 3.68. The monoisotopic (exact) mass is 314 g/mol. The molecule has 98 valence electrons. The molecular formula is C12H15BrN2O3. The standard InChI is InChI=1S/C12H15BrN2O3/c1-12(8-14(2)5-6-18-12)10-4-3-9(13)7-11(10)15(16)17/h3-4,7H,5-6,8H2,1-2H3. The molecule has 18 heavy (non-hydrogen) atoms. The number of nitro groups is 1. The summed E-state index contributed by atoms with van der Waals surface area (Å²) in [5.74, 6) is 0. The first-order valence-electron chi connectivity index (χ1n) is 5.69. The molecule has 0 aromatic heterocycles. The summed E-state index contributed by atoms with van der Waals surface area (Å²) in [6.45, 7) is 3.98. The zero-order valence-electron chi connectivity index (χ0n) is 10.4. The van der Waals surface area contributed by atoms with Gasteiger partial charge in [0.15, 0.2) is 0 Å². The SMILES string of the molecule is CN1CCOC(C)(c2ccc(Br)cc2[N+](=O)[O-])C1. The summed E-state index contributed by atoms with van der Waals surface area (Å²) in [7, 11) is 1.99. The van der Waals surface area contributed by atoms with Gasteiger partial charge >= 0.3 is 0 Å². The molecule has 0 bridgehead atoms. The summed E-state index contributed by atoms with van der Waals surface area (Å²) in [6, 6.07) is 5.10. The van der Waals surface area contributed by atoms with E-state index in [0.29, 0.717) is 23.2 Å². The molecule has 0 amide bonds. The van der Waals surface area contributed by atoms with Gasteiger partial charge in [-0.3, -0.25) is 10.1 Å². The lowest BCUT2D eigenvalue weighted by atomic mass is 9.92. The maximum absolute atomic E-state index is 11.2. The molecule has 1 unspecified atom stereocenters. The van der Waals surface area contributed by atoms with Crippen LogP contribution in [0.4, 0.5) is 5.69 Å². The second-order valence-electron chi connectivity index (χ2n) is 4.74.